The smallest absolute Gasteiger partial charge is 0.435 e. The number of benzene rings is 2. The molecule has 2 atom stereocenters. The Hall–Kier alpha value is -2.37. The Morgan fingerprint density at radius 3 is 1.90 bits per heavy atom. The quantitative estimate of drug-likeness (QED) is 0.359. The maximum Gasteiger partial charge on any atom is 0.508 e. The summed E-state index contributed by atoms with van der Waals surface area (Å²) in [4.78, 5) is 11.9. The van der Waals surface area contributed by atoms with Crippen LogP contribution in [-0.2, 0) is 13.9 Å². The number of carbonyl (C=O) groups excluding carboxylic acids is 1. The van der Waals surface area contributed by atoms with Gasteiger partial charge in [0.05, 0.1) is 12.7 Å². The summed E-state index contributed by atoms with van der Waals surface area (Å²) in [6.07, 6.45) is -0.131. The molecule has 2 rings (SSSR count). The lowest BCUT2D eigenvalue weighted by molar-refractivity contribution is 0.00109. The number of hydrogen-bond acceptors (Lipinski definition) is 4. The van der Waals surface area contributed by atoms with Crippen LogP contribution < -0.4 is 10.4 Å². The van der Waals surface area contributed by atoms with Gasteiger partial charge in [-0.3, -0.25) is 0 Å². The third kappa shape index (κ3) is 5.17. The summed E-state index contributed by atoms with van der Waals surface area (Å²) in [5.74, 6) is 0. The van der Waals surface area contributed by atoms with Crippen molar-refractivity contribution in [3.63, 3.8) is 0 Å². The van der Waals surface area contributed by atoms with Gasteiger partial charge in [0.2, 0.25) is 0 Å². The highest BCUT2D eigenvalue weighted by Crippen LogP contribution is 2.38. The maximum atomic E-state index is 11.9. The van der Waals surface area contributed by atoms with E-state index in [1.165, 1.54) is 10.4 Å². The molecule has 0 spiro atoms. The molecule has 0 amide bonds. The standard InChI is InChI=1S/C24H32O4Si/c1-7-22(27-23(25)26-8-2)19(3)28-29(24(4,5)6,20-15-11-9-12-16-20)21-17-13-10-14-18-21/h7,9-19,22H,1,8H2,2-6H3/t19-,22?/m0/s1. The topological polar surface area (TPSA) is 44.8 Å². The fraction of sp³-hybridized carbons (Fsp3) is 0.375. The number of rotatable bonds is 8. The van der Waals surface area contributed by atoms with Crippen LogP contribution in [0.25, 0.3) is 0 Å². The molecule has 0 N–H and O–H groups in total. The van der Waals surface area contributed by atoms with Crippen LogP contribution in [0.2, 0.25) is 5.04 Å². The molecule has 0 saturated heterocycles. The van der Waals surface area contributed by atoms with Crippen LogP contribution in [0.5, 0.6) is 0 Å². The molecule has 29 heavy (non-hydrogen) atoms. The molecule has 4 nitrogen and oxygen atoms in total. The minimum absolute atomic E-state index is 0.167. The Morgan fingerprint density at radius 2 is 1.52 bits per heavy atom. The third-order valence-corrected chi connectivity index (χ3v) is 10.1. The van der Waals surface area contributed by atoms with Crippen molar-refractivity contribution in [1.82, 2.24) is 0 Å². The molecule has 0 fully saturated rings. The zero-order chi connectivity index (χ0) is 21.5. The molecule has 0 heterocycles. The Labute approximate surface area is 175 Å². The lowest BCUT2D eigenvalue weighted by Crippen LogP contribution is -2.68. The molecule has 2 aromatic carbocycles. The summed E-state index contributed by atoms with van der Waals surface area (Å²) in [7, 11) is -2.74. The van der Waals surface area contributed by atoms with Crippen molar-refractivity contribution < 1.29 is 18.7 Å². The molecule has 156 valence electrons. The second kappa shape index (κ2) is 9.90. The molecule has 0 aliphatic heterocycles. The molecule has 0 aliphatic carbocycles. The van der Waals surface area contributed by atoms with Gasteiger partial charge in [-0.15, -0.1) is 0 Å². The van der Waals surface area contributed by atoms with Crippen molar-refractivity contribution in [2.45, 2.75) is 51.9 Å². The summed E-state index contributed by atoms with van der Waals surface area (Å²) >= 11 is 0. The average Bonchev–Trinajstić information content (AvgIpc) is 2.70. The second-order valence-electron chi connectivity index (χ2n) is 7.99. The average molecular weight is 413 g/mol. The first-order valence-corrected chi connectivity index (χ1v) is 11.9. The normalized spacial score (nSPS) is 14.0. The van der Waals surface area contributed by atoms with E-state index in [4.69, 9.17) is 13.9 Å². The van der Waals surface area contributed by atoms with E-state index in [1.807, 2.05) is 43.3 Å². The predicted molar refractivity (Wildman–Crippen MR) is 120 cm³/mol. The first-order valence-electron chi connectivity index (χ1n) is 10.0. The summed E-state index contributed by atoms with van der Waals surface area (Å²) in [5.41, 5.74) is 0. The zero-order valence-electron chi connectivity index (χ0n) is 18.1. The van der Waals surface area contributed by atoms with Crippen LogP contribution in [0.4, 0.5) is 4.79 Å². The highest BCUT2D eigenvalue weighted by atomic mass is 28.4. The van der Waals surface area contributed by atoms with Crippen molar-refractivity contribution in [2.24, 2.45) is 0 Å². The minimum Gasteiger partial charge on any atom is -0.435 e. The van der Waals surface area contributed by atoms with E-state index in [2.05, 4.69) is 51.6 Å². The first kappa shape index (κ1) is 22.9. The lowest BCUT2D eigenvalue weighted by Gasteiger charge is -2.45. The molecule has 1 unspecified atom stereocenters. The summed E-state index contributed by atoms with van der Waals surface area (Å²) in [5, 5.41) is 2.17. The van der Waals surface area contributed by atoms with E-state index < -0.39 is 26.7 Å². The number of ether oxygens (including phenoxy) is 2. The van der Waals surface area contributed by atoms with Gasteiger partial charge in [-0.1, -0.05) is 88.0 Å². The minimum atomic E-state index is -2.74. The van der Waals surface area contributed by atoms with Gasteiger partial charge in [-0.25, -0.2) is 4.79 Å². The van der Waals surface area contributed by atoms with Gasteiger partial charge in [0.15, 0.2) is 0 Å². The van der Waals surface area contributed by atoms with E-state index in [-0.39, 0.29) is 11.6 Å². The van der Waals surface area contributed by atoms with Crippen LogP contribution >= 0.6 is 0 Å². The van der Waals surface area contributed by atoms with Gasteiger partial charge in [0, 0.05) is 0 Å². The molecular formula is C24H32O4Si. The Balaban J connectivity index is 2.53. The molecular weight excluding hydrogens is 380 g/mol. The van der Waals surface area contributed by atoms with Crippen molar-refractivity contribution in [3.05, 3.63) is 73.3 Å². The maximum absolute atomic E-state index is 11.9. The summed E-state index contributed by atoms with van der Waals surface area (Å²) < 4.78 is 17.3. The predicted octanol–water partition coefficient (Wildman–Crippen LogP) is 4.68. The summed E-state index contributed by atoms with van der Waals surface area (Å²) in [6.45, 7) is 14.4. The van der Waals surface area contributed by atoms with Crippen LogP contribution in [-0.4, -0.2) is 33.3 Å². The van der Waals surface area contributed by atoms with E-state index in [1.54, 1.807) is 13.0 Å². The summed E-state index contributed by atoms with van der Waals surface area (Å²) in [6, 6.07) is 20.7. The molecule has 0 bridgehead atoms. The van der Waals surface area contributed by atoms with Gasteiger partial charge in [0.1, 0.15) is 6.10 Å². The molecule has 2 aromatic rings. The van der Waals surface area contributed by atoms with Crippen LogP contribution in [0, 0.1) is 0 Å². The molecule has 0 saturated carbocycles. The molecule has 0 radical (unpaired) electrons. The number of carbonyl (C=O) groups is 1. The van der Waals surface area contributed by atoms with Crippen molar-refractivity contribution >= 4 is 24.8 Å². The van der Waals surface area contributed by atoms with Gasteiger partial charge < -0.3 is 13.9 Å². The van der Waals surface area contributed by atoms with Crippen molar-refractivity contribution in [1.29, 1.82) is 0 Å². The van der Waals surface area contributed by atoms with E-state index >= 15 is 0 Å². The van der Waals surface area contributed by atoms with Crippen molar-refractivity contribution in [2.75, 3.05) is 6.61 Å². The number of hydrogen-bond donors (Lipinski definition) is 0. The monoisotopic (exact) mass is 412 g/mol. The largest absolute Gasteiger partial charge is 0.508 e. The van der Waals surface area contributed by atoms with Crippen LogP contribution in [0.3, 0.4) is 0 Å². The molecule has 0 aliphatic rings. The van der Waals surface area contributed by atoms with E-state index in [0.717, 1.165) is 0 Å². The van der Waals surface area contributed by atoms with Crippen molar-refractivity contribution in [3.8, 4) is 0 Å². The van der Waals surface area contributed by atoms with Crippen LogP contribution in [0.1, 0.15) is 34.6 Å². The van der Waals surface area contributed by atoms with Gasteiger partial charge in [0.25, 0.3) is 8.32 Å². The third-order valence-electron chi connectivity index (χ3n) is 4.97. The Bertz CT molecular complexity index is 744. The zero-order valence-corrected chi connectivity index (χ0v) is 19.1. The SMILES string of the molecule is C=CC(OC(=O)OCC)[C@H](C)O[Si](c1ccccc1)(c1ccccc1)C(C)(C)C. The van der Waals surface area contributed by atoms with E-state index in [9.17, 15) is 4.79 Å². The first-order chi connectivity index (χ1) is 13.8. The molecule has 5 heteroatoms. The van der Waals surface area contributed by atoms with Gasteiger partial charge in [-0.05, 0) is 35.3 Å². The Morgan fingerprint density at radius 1 is 1.03 bits per heavy atom. The lowest BCUT2D eigenvalue weighted by atomic mass is 10.2. The molecule has 0 aromatic heterocycles. The second-order valence-corrected chi connectivity index (χ2v) is 12.2. The fourth-order valence-corrected chi connectivity index (χ4v) is 8.34. The highest BCUT2D eigenvalue weighted by molar-refractivity contribution is 6.99. The fourth-order valence-electron chi connectivity index (χ4n) is 3.64. The highest BCUT2D eigenvalue weighted by Gasteiger charge is 2.51. The van der Waals surface area contributed by atoms with Crippen LogP contribution in [0.15, 0.2) is 73.3 Å². The van der Waals surface area contributed by atoms with Gasteiger partial charge >= 0.3 is 6.16 Å². The van der Waals surface area contributed by atoms with Gasteiger partial charge in [-0.2, -0.15) is 0 Å². The Kier molecular flexibility index (Phi) is 7.82. The van der Waals surface area contributed by atoms with E-state index in [0.29, 0.717) is 0 Å².